The Balaban J connectivity index is 0.000000217. The molecule has 3 rings (SSSR count). The van der Waals surface area contributed by atoms with Crippen molar-refractivity contribution >= 4 is 23.4 Å². The lowest BCUT2D eigenvalue weighted by Gasteiger charge is -2.05. The van der Waals surface area contributed by atoms with Gasteiger partial charge in [0.1, 0.15) is 0 Å². The first-order valence-corrected chi connectivity index (χ1v) is 9.23. The molecule has 0 spiro atoms. The Morgan fingerprint density at radius 1 is 1.08 bits per heavy atom. The van der Waals surface area contributed by atoms with Crippen LogP contribution in [0.25, 0.3) is 0 Å². The number of halogens is 1. The number of aromatic amines is 1. The van der Waals surface area contributed by atoms with Gasteiger partial charge in [-0.15, -0.1) is 0 Å². The van der Waals surface area contributed by atoms with E-state index in [0.29, 0.717) is 5.56 Å². The number of amides is 2. The maximum atomic E-state index is 11.2. The summed E-state index contributed by atoms with van der Waals surface area (Å²) in [6.07, 6.45) is 12.0. The van der Waals surface area contributed by atoms with Crippen LogP contribution in [-0.4, -0.2) is 28.6 Å². The van der Waals surface area contributed by atoms with Crippen molar-refractivity contribution < 1.29 is 9.59 Å². The van der Waals surface area contributed by atoms with Crippen LogP contribution in [0.3, 0.4) is 0 Å². The number of nitrogens with two attached hydrogens (primary N) is 1. The third-order valence-corrected chi connectivity index (χ3v) is 3.90. The van der Waals surface area contributed by atoms with Crippen LogP contribution < -0.4 is 11.1 Å². The lowest BCUT2D eigenvalue weighted by molar-refractivity contribution is -0.117. The van der Waals surface area contributed by atoms with Crippen molar-refractivity contribution in [3.63, 3.8) is 0 Å². The first-order valence-electron chi connectivity index (χ1n) is 8.85. The summed E-state index contributed by atoms with van der Waals surface area (Å²) in [6.45, 7) is 0.249. The van der Waals surface area contributed by atoms with Crippen LogP contribution in [0.2, 0.25) is 5.02 Å². The molecule has 1 saturated carbocycles. The van der Waals surface area contributed by atoms with Gasteiger partial charge in [0.05, 0.1) is 11.8 Å². The normalized spacial score (nSPS) is 12.7. The van der Waals surface area contributed by atoms with Crippen LogP contribution in [-0.2, 0) is 4.79 Å². The molecular formula is C19H27ClN4O2. The van der Waals surface area contributed by atoms with Crippen molar-refractivity contribution in [1.29, 1.82) is 0 Å². The van der Waals surface area contributed by atoms with Gasteiger partial charge in [-0.1, -0.05) is 68.3 Å². The van der Waals surface area contributed by atoms with E-state index in [1.165, 1.54) is 50.9 Å². The van der Waals surface area contributed by atoms with E-state index in [9.17, 15) is 9.59 Å². The van der Waals surface area contributed by atoms with Gasteiger partial charge < -0.3 is 11.1 Å². The van der Waals surface area contributed by atoms with E-state index in [1.54, 1.807) is 0 Å². The molecule has 6 nitrogen and oxygen atoms in total. The lowest BCUT2D eigenvalue weighted by atomic mass is 10.0. The first-order chi connectivity index (χ1) is 12.6. The summed E-state index contributed by atoms with van der Waals surface area (Å²) in [7, 11) is 0. The SMILES string of the molecule is C1CCCCC1.Clc1ccccc1.NC(=O)CCNC(=O)c1cn[nH]c1. The van der Waals surface area contributed by atoms with Crippen molar-refractivity contribution in [2.45, 2.75) is 44.9 Å². The number of nitrogens with one attached hydrogen (secondary N) is 2. The van der Waals surface area contributed by atoms with Crippen molar-refractivity contribution in [3.05, 3.63) is 53.3 Å². The molecular weight excluding hydrogens is 352 g/mol. The molecule has 1 aromatic carbocycles. The Kier molecular flexibility index (Phi) is 11.6. The Labute approximate surface area is 159 Å². The molecule has 142 valence electrons. The zero-order valence-electron chi connectivity index (χ0n) is 14.9. The summed E-state index contributed by atoms with van der Waals surface area (Å²) in [5.74, 6) is -0.706. The van der Waals surface area contributed by atoms with E-state index in [2.05, 4.69) is 15.5 Å². The van der Waals surface area contributed by atoms with Gasteiger partial charge in [-0.2, -0.15) is 5.10 Å². The first kappa shape index (κ1) is 21.7. The molecule has 0 atom stereocenters. The molecule has 0 radical (unpaired) electrons. The molecule has 0 aliphatic heterocycles. The number of aromatic nitrogens is 2. The summed E-state index contributed by atoms with van der Waals surface area (Å²) < 4.78 is 0. The molecule has 1 aromatic heterocycles. The predicted octanol–water partition coefficient (Wildman–Crippen LogP) is 3.70. The van der Waals surface area contributed by atoms with Gasteiger partial charge >= 0.3 is 0 Å². The van der Waals surface area contributed by atoms with Crippen molar-refractivity contribution in [3.8, 4) is 0 Å². The number of H-pyrrole nitrogens is 1. The number of carbonyl (C=O) groups excluding carboxylic acids is 2. The van der Waals surface area contributed by atoms with Crippen LogP contribution in [0.1, 0.15) is 55.3 Å². The molecule has 1 fully saturated rings. The zero-order chi connectivity index (χ0) is 19.0. The van der Waals surface area contributed by atoms with E-state index in [4.69, 9.17) is 17.3 Å². The minimum absolute atomic E-state index is 0.142. The number of carbonyl (C=O) groups is 2. The second-order valence-electron chi connectivity index (χ2n) is 5.88. The molecule has 0 bridgehead atoms. The van der Waals surface area contributed by atoms with Crippen LogP contribution in [0, 0.1) is 0 Å². The van der Waals surface area contributed by atoms with Crippen molar-refractivity contribution in [2.24, 2.45) is 5.73 Å². The molecule has 2 aromatic rings. The summed E-state index contributed by atoms with van der Waals surface area (Å²) in [5, 5.41) is 9.43. The monoisotopic (exact) mass is 378 g/mol. The Bertz CT molecular complexity index is 602. The highest BCUT2D eigenvalue weighted by molar-refractivity contribution is 6.30. The maximum absolute atomic E-state index is 11.2. The average Bonchev–Trinajstić information content (AvgIpc) is 3.19. The molecule has 0 unspecified atom stereocenters. The second kappa shape index (κ2) is 13.9. The highest BCUT2D eigenvalue weighted by atomic mass is 35.5. The topological polar surface area (TPSA) is 101 Å². The van der Waals surface area contributed by atoms with Crippen LogP contribution >= 0.6 is 11.6 Å². The third kappa shape index (κ3) is 11.3. The largest absolute Gasteiger partial charge is 0.370 e. The molecule has 1 heterocycles. The third-order valence-electron chi connectivity index (χ3n) is 3.65. The van der Waals surface area contributed by atoms with Gasteiger partial charge in [-0.05, 0) is 12.1 Å². The minimum Gasteiger partial charge on any atom is -0.370 e. The fourth-order valence-electron chi connectivity index (χ4n) is 2.25. The number of primary amides is 1. The molecule has 1 aliphatic rings. The van der Waals surface area contributed by atoms with Gasteiger partial charge in [0.15, 0.2) is 0 Å². The highest BCUT2D eigenvalue weighted by Crippen LogP contribution is 2.15. The standard InChI is InChI=1S/C7H10N4O2.C6H5Cl.C6H12/c8-6(12)1-2-9-7(13)5-3-10-11-4-5;7-6-4-2-1-3-5-6;1-2-4-6-5-3-1/h3-4H,1-2H2,(H2,8,12)(H,9,13)(H,10,11);1-5H;1-6H2. The number of nitrogens with zero attached hydrogens (tertiary/aromatic N) is 1. The highest BCUT2D eigenvalue weighted by Gasteiger charge is 2.05. The van der Waals surface area contributed by atoms with Gasteiger partial charge in [-0.3, -0.25) is 14.7 Å². The van der Waals surface area contributed by atoms with E-state index < -0.39 is 5.91 Å². The average molecular weight is 379 g/mol. The fourth-order valence-corrected chi connectivity index (χ4v) is 2.40. The summed E-state index contributed by atoms with van der Waals surface area (Å²) in [5.41, 5.74) is 5.32. The van der Waals surface area contributed by atoms with Gasteiger partial charge in [0.25, 0.3) is 5.91 Å². The summed E-state index contributed by atoms with van der Waals surface area (Å²) in [4.78, 5) is 21.5. The smallest absolute Gasteiger partial charge is 0.254 e. The molecule has 4 N–H and O–H groups in total. The van der Waals surface area contributed by atoms with E-state index in [1.807, 2.05) is 30.3 Å². The second-order valence-corrected chi connectivity index (χ2v) is 6.31. The molecule has 7 heteroatoms. The lowest BCUT2D eigenvalue weighted by Crippen LogP contribution is -2.27. The van der Waals surface area contributed by atoms with Crippen molar-refractivity contribution in [2.75, 3.05) is 6.54 Å². The Morgan fingerprint density at radius 2 is 1.65 bits per heavy atom. The van der Waals surface area contributed by atoms with E-state index in [-0.39, 0.29) is 18.9 Å². The van der Waals surface area contributed by atoms with E-state index >= 15 is 0 Å². The number of hydrogen-bond acceptors (Lipinski definition) is 3. The molecule has 26 heavy (non-hydrogen) atoms. The Morgan fingerprint density at radius 3 is 2.04 bits per heavy atom. The van der Waals surface area contributed by atoms with Gasteiger partial charge in [0, 0.05) is 24.2 Å². The van der Waals surface area contributed by atoms with Crippen LogP contribution in [0.5, 0.6) is 0 Å². The molecule has 2 amide bonds. The summed E-state index contributed by atoms with van der Waals surface area (Å²) in [6, 6.07) is 9.44. The number of benzene rings is 1. The maximum Gasteiger partial charge on any atom is 0.254 e. The number of hydrogen-bond donors (Lipinski definition) is 3. The van der Waals surface area contributed by atoms with Gasteiger partial charge in [-0.25, -0.2) is 0 Å². The molecule has 1 aliphatic carbocycles. The summed E-state index contributed by atoms with van der Waals surface area (Å²) >= 11 is 5.54. The quantitative estimate of drug-likeness (QED) is 0.756. The minimum atomic E-state index is -0.438. The van der Waals surface area contributed by atoms with Crippen LogP contribution in [0.15, 0.2) is 42.7 Å². The predicted molar refractivity (Wildman–Crippen MR) is 104 cm³/mol. The fraction of sp³-hybridized carbons (Fsp3) is 0.421. The van der Waals surface area contributed by atoms with E-state index in [0.717, 1.165) is 5.02 Å². The zero-order valence-corrected chi connectivity index (χ0v) is 15.7. The number of rotatable bonds is 4. The van der Waals surface area contributed by atoms with Gasteiger partial charge in [0.2, 0.25) is 5.91 Å². The Hall–Kier alpha value is -2.34. The molecule has 0 saturated heterocycles. The van der Waals surface area contributed by atoms with Crippen LogP contribution in [0.4, 0.5) is 0 Å². The van der Waals surface area contributed by atoms with Crippen molar-refractivity contribution in [1.82, 2.24) is 15.5 Å².